The van der Waals surface area contributed by atoms with Gasteiger partial charge in [0, 0.05) is 172 Å². The highest BCUT2D eigenvalue weighted by Crippen LogP contribution is 2.41. The van der Waals surface area contributed by atoms with Gasteiger partial charge in [0.2, 0.25) is 23.8 Å². The van der Waals surface area contributed by atoms with Gasteiger partial charge in [-0.1, -0.05) is 96.9 Å². The number of hydrogen-bond acceptors (Lipinski definition) is 24. The van der Waals surface area contributed by atoms with E-state index in [1.165, 1.54) is 63.3 Å². The summed E-state index contributed by atoms with van der Waals surface area (Å²) < 4.78 is 0. The molecule has 0 fully saturated rings. The molecule has 0 bridgehead atoms. The van der Waals surface area contributed by atoms with Crippen LogP contribution in [0.25, 0.3) is 45.0 Å². The Balaban J connectivity index is 0.000000123. The highest BCUT2D eigenvalue weighted by atomic mass is 35.5. The normalized spacial score (nSPS) is 15.5. The number of rotatable bonds is 14. The molecule has 4 aliphatic heterocycles. The molecule has 24 nitrogen and oxygen atoms in total. The molecule has 19 rings (SSSR count). The molecule has 8 aromatic heterocycles. The van der Waals surface area contributed by atoms with Crippen LogP contribution in [0.5, 0.6) is 0 Å². The fraction of sp³-hybridized carbons (Fsp3) is 0.333. The molecule has 0 spiro atoms. The van der Waals surface area contributed by atoms with Crippen molar-refractivity contribution in [3.63, 3.8) is 0 Å². The summed E-state index contributed by atoms with van der Waals surface area (Å²) in [6, 6.07) is 36.5. The maximum absolute atomic E-state index is 6.19. The van der Waals surface area contributed by atoms with Crippen LogP contribution in [-0.2, 0) is 64.2 Å². The molecule has 2 atom stereocenters. The van der Waals surface area contributed by atoms with Crippen molar-refractivity contribution in [1.82, 2.24) is 74.5 Å². The summed E-state index contributed by atoms with van der Waals surface area (Å²) >= 11 is 28.2. The van der Waals surface area contributed by atoms with E-state index in [1.54, 1.807) is 0 Å². The molecule has 125 heavy (non-hydrogen) atoms. The second-order valence-electron chi connectivity index (χ2n) is 34.1. The van der Waals surface area contributed by atoms with Crippen LogP contribution in [0.4, 0.5) is 75.1 Å². The van der Waals surface area contributed by atoms with Crippen molar-refractivity contribution in [2.24, 2.45) is 0 Å². The van der Waals surface area contributed by atoms with Gasteiger partial charge in [-0.3, -0.25) is 15.0 Å². The fourth-order valence-corrected chi connectivity index (χ4v) is 18.1. The lowest BCUT2D eigenvalue weighted by molar-refractivity contribution is 0.266. The average Bonchev–Trinajstić information content (AvgIpc) is 1.31. The summed E-state index contributed by atoms with van der Waals surface area (Å²) in [6.45, 7) is 16.2. The van der Waals surface area contributed by atoms with Crippen LogP contribution in [-0.4, -0.2) is 169 Å². The molecule has 8 N–H and O–H groups in total. The van der Waals surface area contributed by atoms with Gasteiger partial charge in [0.25, 0.3) is 0 Å². The third-order valence-corrected chi connectivity index (χ3v) is 25.1. The molecule has 29 heteroatoms. The van der Waals surface area contributed by atoms with E-state index in [4.69, 9.17) is 100 Å². The maximum atomic E-state index is 6.19. The van der Waals surface area contributed by atoms with Crippen molar-refractivity contribution in [1.29, 1.82) is 0 Å². The number of aromatic nitrogens is 12. The van der Waals surface area contributed by atoms with Crippen LogP contribution in [0.15, 0.2) is 128 Å². The largest absolute Gasteiger partial charge is 0.358 e. The lowest BCUT2D eigenvalue weighted by Gasteiger charge is -2.30. The zero-order valence-corrected chi connectivity index (χ0v) is 77.3. The minimum absolute atomic E-state index is 0.510. The maximum Gasteiger partial charge on any atom is 0.227 e. The Hall–Kier alpha value is -11.5. The van der Waals surface area contributed by atoms with Gasteiger partial charge >= 0.3 is 0 Å². The first-order valence-corrected chi connectivity index (χ1v) is 44.6. The van der Waals surface area contributed by atoms with Gasteiger partial charge in [-0.25, -0.2) is 44.9 Å². The Morgan fingerprint density at radius 1 is 0.360 bits per heavy atom. The number of halogens is 1. The molecule has 640 valence electrons. The molecule has 3 aliphatic carbocycles. The second kappa shape index (κ2) is 37.8. The summed E-state index contributed by atoms with van der Waals surface area (Å²) in [5.74, 6) is 3.18. The Morgan fingerprint density at radius 2 is 0.704 bits per heavy atom. The summed E-state index contributed by atoms with van der Waals surface area (Å²) in [5.41, 5.74) is 34.4. The van der Waals surface area contributed by atoms with Gasteiger partial charge in [-0.15, -0.1) is 0 Å². The van der Waals surface area contributed by atoms with Gasteiger partial charge < -0.3 is 62.1 Å². The predicted molar refractivity (Wildman–Crippen MR) is 525 cm³/mol. The number of nitrogens with zero attached hydrogens (tertiary/aromatic N) is 16. The second-order valence-corrected chi connectivity index (χ2v) is 36.6. The minimum atomic E-state index is 0.510. The van der Waals surface area contributed by atoms with Crippen molar-refractivity contribution >= 4 is 156 Å². The van der Waals surface area contributed by atoms with Crippen molar-refractivity contribution in [2.75, 3.05) is 110 Å². The molecule has 12 aromatic rings. The van der Waals surface area contributed by atoms with Gasteiger partial charge in [-0.05, 0) is 255 Å². The molecule has 0 radical (unpaired) electrons. The molecule has 12 heterocycles. The number of nitrogens with one attached hydrogen (secondary N) is 8. The molecular formula is C96H105ClN24S4. The van der Waals surface area contributed by atoms with Crippen LogP contribution in [0.1, 0.15) is 121 Å². The Labute approximate surface area is 758 Å². The fourth-order valence-electron chi connectivity index (χ4n) is 16.9. The number of benzene rings is 4. The molecule has 7 aliphatic rings. The number of anilines is 13. The number of likely N-dealkylation sites (N-methyl/N-ethyl adjacent to an activating group) is 4. The number of pyridine rings is 4. The molecule has 0 saturated carbocycles. The van der Waals surface area contributed by atoms with Gasteiger partial charge in [-0.2, -0.15) is 0 Å². The van der Waals surface area contributed by atoms with Crippen LogP contribution < -0.4 is 47.4 Å². The number of aryl methyl sites for hydroxylation is 11. The molecule has 4 aromatic carbocycles. The topological polar surface area (TPSA) is 264 Å². The number of hydrogen-bond donors (Lipinski definition) is 8. The lowest BCUT2D eigenvalue weighted by Crippen LogP contribution is -2.34. The van der Waals surface area contributed by atoms with Crippen molar-refractivity contribution in [3.05, 3.63) is 228 Å². The van der Waals surface area contributed by atoms with Gasteiger partial charge in [0.15, 0.2) is 0 Å². The lowest BCUT2D eigenvalue weighted by atomic mass is 9.90. The van der Waals surface area contributed by atoms with Crippen LogP contribution in [0.2, 0.25) is 5.02 Å². The zero-order chi connectivity index (χ0) is 87.6. The first-order valence-electron chi connectivity index (χ1n) is 42.6. The molecule has 0 saturated heterocycles. The van der Waals surface area contributed by atoms with E-state index in [0.717, 1.165) is 221 Å². The van der Waals surface area contributed by atoms with E-state index in [0.29, 0.717) is 71.6 Å². The first kappa shape index (κ1) is 87.0. The van der Waals surface area contributed by atoms with Crippen molar-refractivity contribution in [2.45, 2.75) is 150 Å². The zero-order valence-electron chi connectivity index (χ0n) is 73.3. The monoisotopic (exact) mass is 1760 g/mol. The summed E-state index contributed by atoms with van der Waals surface area (Å²) in [4.78, 5) is 69.2. The minimum Gasteiger partial charge on any atom is -0.358 e. The van der Waals surface area contributed by atoms with E-state index in [9.17, 15) is 0 Å². The van der Waals surface area contributed by atoms with Crippen molar-refractivity contribution < 1.29 is 0 Å². The quantitative estimate of drug-likeness (QED) is 0.0470. The third kappa shape index (κ3) is 20.4. The van der Waals surface area contributed by atoms with E-state index >= 15 is 0 Å². The van der Waals surface area contributed by atoms with Crippen LogP contribution >= 0.6 is 60.5 Å². The Bertz CT molecular complexity index is 6040. The first-order chi connectivity index (χ1) is 60.1. The summed E-state index contributed by atoms with van der Waals surface area (Å²) in [6.07, 6.45) is 21.0. The van der Waals surface area contributed by atoms with Gasteiger partial charge in [0.1, 0.15) is 5.82 Å². The SMILES string of the molecule is Cc1ccc2c(c1)NC(=S)Cc1cnc(Nc3cc4c(nc3C)CCCC4)nc1-2.Cc1ccc2c(c1)NC(=S)Cc1cnc(Nc3cc4c(nc3C)CC[C@@H](N(C)C)C4)nc1-2.Cc1ccc2c(c1)NC(=S)Cc1cnc(Nc3cc4c(nc3C)CC[C@H](N(C)C)C4)nc1-2.Cc1nc(N(C)CCN(C)C)ccc1Nc1ncc2c(n1)-c1ccc(Cl)cc1NC(=S)C2. The Morgan fingerprint density at radius 3 is 1.08 bits per heavy atom. The molecular weight excluding hydrogens is 1650 g/mol. The average molecular weight is 1760 g/mol. The number of fused-ring (bicyclic) bond motifs is 15. The Kier molecular flexibility index (Phi) is 26.3. The highest BCUT2D eigenvalue weighted by Gasteiger charge is 2.29. The summed E-state index contributed by atoms with van der Waals surface area (Å²) in [7, 11) is 14.8. The van der Waals surface area contributed by atoms with E-state index in [-0.39, 0.29) is 0 Å². The molecule has 0 amide bonds. The van der Waals surface area contributed by atoms with Crippen molar-refractivity contribution in [3.8, 4) is 45.0 Å². The smallest absolute Gasteiger partial charge is 0.227 e. The molecule has 0 unspecified atom stereocenters. The van der Waals surface area contributed by atoms with Crippen LogP contribution in [0, 0.1) is 48.5 Å². The van der Waals surface area contributed by atoms with Crippen LogP contribution in [0.3, 0.4) is 0 Å². The summed E-state index contributed by atoms with van der Waals surface area (Å²) in [5, 5.41) is 27.6. The standard InChI is InChI=1S/2C25H28N6S.C23H26ClN7S.C23H23N5S/c2*1-14-5-7-19-22(9-14)28-23(32)12-17-13-26-25(30-24(17)19)29-21-11-16-10-18(31(3)4)6-8-20(16)27-15(21)2;1-14-18(7-8-20(26-14)31(4)10-9-30(2)3)28-23-25-13-15-11-21(32)27-19-12-16(24)5-6-17(19)22(15)29-23;1-13-7-8-17-20(9-13)26-21(29)11-16-12-24-23(28-22(16)17)27-19-10-15-5-3-4-6-18(15)25-14(19)2/h2*5,7,9,11,13,18H,6,8,10,12H2,1-4H3,(H,28,32)(H,26,29,30);5-8,12-13H,9-11H2,1-4H3,(H,27,32)(H,25,28,29);7-10,12H,3-6,11H2,1-2H3,(H,26,29)(H,24,27,28)/t2*18-;;/m10../s1. The number of thiocarbonyl (C=S) groups is 4. The highest BCUT2D eigenvalue weighted by molar-refractivity contribution is 7.81. The van der Waals surface area contributed by atoms with E-state index in [2.05, 4.69) is 225 Å². The van der Waals surface area contributed by atoms with E-state index in [1.807, 2.05) is 82.8 Å². The third-order valence-electron chi connectivity index (χ3n) is 23.9. The van der Waals surface area contributed by atoms with E-state index < -0.39 is 0 Å². The van der Waals surface area contributed by atoms with Gasteiger partial charge in [0.05, 0.1) is 88.3 Å². The predicted octanol–water partition coefficient (Wildman–Crippen LogP) is 18.8.